The van der Waals surface area contributed by atoms with Crippen molar-refractivity contribution in [3.05, 3.63) is 28.8 Å². The van der Waals surface area contributed by atoms with E-state index >= 15 is 0 Å². The molecule has 2 rings (SSSR count). The number of hydrogen-bond acceptors (Lipinski definition) is 4. The number of fused-ring (bicyclic) bond motifs is 1. The number of aliphatic hydroxyl groups excluding tert-OH is 1. The van der Waals surface area contributed by atoms with Crippen LogP contribution in [0.5, 0.6) is 5.75 Å². The maximum absolute atomic E-state index is 12.0. The Hall–Kier alpha value is -1.79. The third-order valence-corrected chi connectivity index (χ3v) is 3.26. The molecule has 0 bridgehead atoms. The van der Waals surface area contributed by atoms with Crippen LogP contribution in [0.3, 0.4) is 0 Å². The number of carbonyl (C=O) groups is 2. The first-order valence-corrected chi connectivity index (χ1v) is 6.48. The Morgan fingerprint density at radius 3 is 2.90 bits per heavy atom. The molecule has 0 fully saturated rings. The van der Waals surface area contributed by atoms with Gasteiger partial charge in [-0.05, 0) is 23.8 Å². The molecular weight excluding hydrogens is 286 g/mol. The molecule has 108 valence electrons. The molecule has 1 heterocycles. The molecule has 1 aliphatic rings. The highest BCUT2D eigenvalue weighted by Gasteiger charge is 2.31. The van der Waals surface area contributed by atoms with E-state index in [2.05, 4.69) is 5.32 Å². The van der Waals surface area contributed by atoms with Crippen molar-refractivity contribution in [1.29, 1.82) is 0 Å². The van der Waals surface area contributed by atoms with Crippen LogP contribution in [0, 0.1) is 0 Å². The second-order valence-corrected chi connectivity index (χ2v) is 4.91. The van der Waals surface area contributed by atoms with E-state index in [0.29, 0.717) is 17.2 Å². The predicted molar refractivity (Wildman–Crippen MR) is 70.8 cm³/mol. The van der Waals surface area contributed by atoms with Gasteiger partial charge in [0.25, 0.3) is 5.91 Å². The second-order valence-electron chi connectivity index (χ2n) is 4.47. The minimum absolute atomic E-state index is 0.0490. The van der Waals surface area contributed by atoms with Crippen molar-refractivity contribution in [3.63, 3.8) is 0 Å². The molecule has 1 aromatic carbocycles. The van der Waals surface area contributed by atoms with Gasteiger partial charge in [0.1, 0.15) is 11.8 Å². The molecule has 0 aromatic heterocycles. The summed E-state index contributed by atoms with van der Waals surface area (Å²) in [7, 11) is 0. The van der Waals surface area contributed by atoms with Crippen LogP contribution < -0.4 is 10.1 Å². The van der Waals surface area contributed by atoms with E-state index < -0.39 is 24.0 Å². The van der Waals surface area contributed by atoms with Gasteiger partial charge in [-0.2, -0.15) is 0 Å². The Bertz CT molecular complexity index is 533. The van der Waals surface area contributed by atoms with Crippen molar-refractivity contribution in [2.45, 2.75) is 25.0 Å². The van der Waals surface area contributed by atoms with E-state index in [1.165, 1.54) is 0 Å². The first-order chi connectivity index (χ1) is 9.51. The van der Waals surface area contributed by atoms with E-state index in [4.69, 9.17) is 26.6 Å². The first-order valence-electron chi connectivity index (χ1n) is 6.10. The Morgan fingerprint density at radius 1 is 1.50 bits per heavy atom. The van der Waals surface area contributed by atoms with Gasteiger partial charge in [0.05, 0.1) is 0 Å². The van der Waals surface area contributed by atoms with Crippen molar-refractivity contribution in [2.24, 2.45) is 0 Å². The van der Waals surface area contributed by atoms with Gasteiger partial charge in [0, 0.05) is 24.5 Å². The lowest BCUT2D eigenvalue weighted by atomic mass is 10.1. The number of aliphatic hydroxyl groups is 1. The lowest BCUT2D eigenvalue weighted by Crippen LogP contribution is -2.47. The summed E-state index contributed by atoms with van der Waals surface area (Å²) in [6.45, 7) is -0.321. The Morgan fingerprint density at radius 2 is 2.25 bits per heavy atom. The summed E-state index contributed by atoms with van der Waals surface area (Å²) in [5.74, 6) is -1.13. The summed E-state index contributed by atoms with van der Waals surface area (Å²) >= 11 is 5.86. The standard InChI is InChI=1S/C13H14ClNO5/c14-8-1-2-10-7(5-8)6-11(20-10)12(17)15-9(3-4-16)13(18)19/h1-2,5,9,11,16H,3-4,6H2,(H,15,17)(H,18,19)/t9-,11?/m1/s1. The highest BCUT2D eigenvalue weighted by molar-refractivity contribution is 6.30. The number of hydrogen-bond donors (Lipinski definition) is 3. The largest absolute Gasteiger partial charge is 0.480 e. The van der Waals surface area contributed by atoms with Gasteiger partial charge in [-0.25, -0.2) is 4.79 Å². The average molecular weight is 300 g/mol. The third kappa shape index (κ3) is 3.20. The number of benzene rings is 1. The van der Waals surface area contributed by atoms with Gasteiger partial charge in [-0.3, -0.25) is 4.79 Å². The van der Waals surface area contributed by atoms with E-state index in [9.17, 15) is 9.59 Å². The number of carbonyl (C=O) groups excluding carboxylic acids is 1. The number of carboxylic acid groups (broad SMARTS) is 1. The zero-order valence-electron chi connectivity index (χ0n) is 10.5. The molecule has 0 saturated heterocycles. The van der Waals surface area contributed by atoms with Gasteiger partial charge in [-0.1, -0.05) is 11.6 Å². The highest BCUT2D eigenvalue weighted by Crippen LogP contribution is 2.31. The number of nitrogens with one attached hydrogen (secondary N) is 1. The molecule has 0 aliphatic carbocycles. The smallest absolute Gasteiger partial charge is 0.326 e. The van der Waals surface area contributed by atoms with Crippen LogP contribution in [-0.4, -0.2) is 40.8 Å². The third-order valence-electron chi connectivity index (χ3n) is 3.02. The van der Waals surface area contributed by atoms with Crippen molar-refractivity contribution < 1.29 is 24.5 Å². The monoisotopic (exact) mass is 299 g/mol. The summed E-state index contributed by atoms with van der Waals surface area (Å²) in [5, 5.41) is 20.6. The van der Waals surface area contributed by atoms with Crippen LogP contribution in [0.15, 0.2) is 18.2 Å². The van der Waals surface area contributed by atoms with Crippen molar-refractivity contribution in [2.75, 3.05) is 6.61 Å². The zero-order valence-corrected chi connectivity index (χ0v) is 11.3. The van der Waals surface area contributed by atoms with Crippen molar-refractivity contribution >= 4 is 23.5 Å². The lowest BCUT2D eigenvalue weighted by molar-refractivity contribution is -0.143. The molecular formula is C13H14ClNO5. The number of carboxylic acids is 1. The fourth-order valence-electron chi connectivity index (χ4n) is 2.01. The summed E-state index contributed by atoms with van der Waals surface area (Å²) < 4.78 is 5.46. The Kier molecular flexibility index (Phi) is 4.46. The number of rotatable bonds is 5. The summed E-state index contributed by atoms with van der Waals surface area (Å²) in [6, 6.07) is 3.93. The Balaban J connectivity index is 2.00. The van der Waals surface area contributed by atoms with E-state index in [0.717, 1.165) is 5.56 Å². The van der Waals surface area contributed by atoms with Gasteiger partial charge in [-0.15, -0.1) is 0 Å². The fraction of sp³-hybridized carbons (Fsp3) is 0.385. The van der Waals surface area contributed by atoms with E-state index in [1.54, 1.807) is 18.2 Å². The summed E-state index contributed by atoms with van der Waals surface area (Å²) in [6.07, 6.45) is -0.483. The molecule has 0 saturated carbocycles. The van der Waals surface area contributed by atoms with Crippen LogP contribution in [0.25, 0.3) is 0 Å². The van der Waals surface area contributed by atoms with Crippen LogP contribution in [0.2, 0.25) is 5.02 Å². The molecule has 1 unspecified atom stereocenters. The van der Waals surface area contributed by atoms with Gasteiger partial charge >= 0.3 is 5.97 Å². The molecule has 0 spiro atoms. The molecule has 0 radical (unpaired) electrons. The fourth-order valence-corrected chi connectivity index (χ4v) is 2.21. The zero-order chi connectivity index (χ0) is 14.7. The quantitative estimate of drug-likeness (QED) is 0.740. The maximum atomic E-state index is 12.0. The summed E-state index contributed by atoms with van der Waals surface area (Å²) in [5.41, 5.74) is 0.812. The summed E-state index contributed by atoms with van der Waals surface area (Å²) in [4.78, 5) is 22.9. The molecule has 2 atom stereocenters. The normalized spacial score (nSPS) is 18.0. The second kappa shape index (κ2) is 6.11. The number of ether oxygens (including phenoxy) is 1. The van der Waals surface area contributed by atoms with Gasteiger partial charge < -0.3 is 20.3 Å². The molecule has 7 heteroatoms. The van der Waals surface area contributed by atoms with Crippen LogP contribution in [-0.2, 0) is 16.0 Å². The van der Waals surface area contributed by atoms with Gasteiger partial charge in [0.15, 0.2) is 6.10 Å². The number of halogens is 1. The lowest BCUT2D eigenvalue weighted by Gasteiger charge is -2.16. The molecule has 1 aliphatic heterocycles. The molecule has 1 amide bonds. The number of aliphatic carboxylic acids is 1. The number of amides is 1. The highest BCUT2D eigenvalue weighted by atomic mass is 35.5. The molecule has 6 nitrogen and oxygen atoms in total. The van der Waals surface area contributed by atoms with Crippen LogP contribution >= 0.6 is 11.6 Å². The minimum Gasteiger partial charge on any atom is -0.480 e. The van der Waals surface area contributed by atoms with E-state index in [-0.39, 0.29) is 13.0 Å². The Labute approximate surface area is 120 Å². The average Bonchev–Trinajstić information content (AvgIpc) is 2.80. The molecule has 1 aromatic rings. The van der Waals surface area contributed by atoms with Crippen molar-refractivity contribution in [1.82, 2.24) is 5.32 Å². The predicted octanol–water partition coefficient (Wildman–Crippen LogP) is 0.595. The van der Waals surface area contributed by atoms with Gasteiger partial charge in [0.2, 0.25) is 0 Å². The van der Waals surface area contributed by atoms with Crippen LogP contribution in [0.1, 0.15) is 12.0 Å². The molecule has 20 heavy (non-hydrogen) atoms. The minimum atomic E-state index is -1.19. The SMILES string of the molecule is O=C(N[C@H](CCO)C(=O)O)C1Cc2cc(Cl)ccc2O1. The maximum Gasteiger partial charge on any atom is 0.326 e. The van der Waals surface area contributed by atoms with E-state index in [1.807, 2.05) is 0 Å². The molecule has 3 N–H and O–H groups in total. The van der Waals surface area contributed by atoms with Crippen molar-refractivity contribution in [3.8, 4) is 5.75 Å². The topological polar surface area (TPSA) is 95.9 Å². The first kappa shape index (κ1) is 14.6. The van der Waals surface area contributed by atoms with Crippen LogP contribution in [0.4, 0.5) is 0 Å².